The first-order valence-electron chi connectivity index (χ1n) is 7.14. The zero-order valence-corrected chi connectivity index (χ0v) is 11.9. The molecule has 3 aliphatic rings. The van der Waals surface area contributed by atoms with E-state index in [0.717, 1.165) is 11.2 Å². The summed E-state index contributed by atoms with van der Waals surface area (Å²) in [5.41, 5.74) is 0. The highest BCUT2D eigenvalue weighted by atomic mass is 79.9. The summed E-state index contributed by atoms with van der Waals surface area (Å²) < 4.78 is 0. The van der Waals surface area contributed by atoms with Gasteiger partial charge in [0.05, 0.1) is 0 Å². The van der Waals surface area contributed by atoms with E-state index in [1.54, 1.807) is 0 Å². The monoisotopic (exact) mass is 299 g/mol. The fraction of sp³-hybridized carbons (Fsp3) is 0.929. The normalized spacial score (nSPS) is 44.2. The first-order valence-corrected chi connectivity index (χ1v) is 8.26. The number of nitrogens with one attached hydrogen (secondary N) is 1. The molecule has 0 aromatic heterocycles. The molecule has 0 aromatic carbocycles. The zero-order valence-electron chi connectivity index (χ0n) is 10.3. The molecule has 0 heterocycles. The van der Waals surface area contributed by atoms with Crippen LogP contribution in [0.1, 0.15) is 44.9 Å². The third kappa shape index (κ3) is 2.27. The van der Waals surface area contributed by atoms with Crippen molar-refractivity contribution in [2.24, 2.45) is 23.7 Å². The van der Waals surface area contributed by atoms with Crippen LogP contribution in [0.25, 0.3) is 0 Å². The van der Waals surface area contributed by atoms with Gasteiger partial charge in [-0.15, -0.1) is 0 Å². The molecule has 0 spiro atoms. The molecular formula is C14H22BrNO. The van der Waals surface area contributed by atoms with Crippen LogP contribution in [0.15, 0.2) is 0 Å². The smallest absolute Gasteiger partial charge is 0.223 e. The molecule has 1 amide bonds. The minimum atomic E-state index is 0.352. The summed E-state index contributed by atoms with van der Waals surface area (Å²) in [5.74, 6) is 2.97. The van der Waals surface area contributed by atoms with Gasteiger partial charge in [0, 0.05) is 17.3 Å². The molecule has 1 N–H and O–H groups in total. The lowest BCUT2D eigenvalue weighted by atomic mass is 9.88. The van der Waals surface area contributed by atoms with Crippen molar-refractivity contribution in [1.29, 1.82) is 0 Å². The maximum Gasteiger partial charge on any atom is 0.223 e. The van der Waals surface area contributed by atoms with Crippen LogP contribution in [0.4, 0.5) is 0 Å². The van der Waals surface area contributed by atoms with Crippen LogP contribution >= 0.6 is 15.9 Å². The van der Waals surface area contributed by atoms with E-state index in [2.05, 4.69) is 21.2 Å². The van der Waals surface area contributed by atoms with Gasteiger partial charge in [-0.2, -0.15) is 0 Å². The quantitative estimate of drug-likeness (QED) is 0.797. The van der Waals surface area contributed by atoms with Crippen molar-refractivity contribution in [2.45, 2.75) is 51.0 Å². The number of hydrogen-bond donors (Lipinski definition) is 1. The number of alkyl halides is 1. The van der Waals surface area contributed by atoms with Crippen LogP contribution in [-0.2, 0) is 4.79 Å². The van der Waals surface area contributed by atoms with Gasteiger partial charge in [0.15, 0.2) is 0 Å². The van der Waals surface area contributed by atoms with Gasteiger partial charge in [-0.25, -0.2) is 0 Å². The summed E-state index contributed by atoms with van der Waals surface area (Å²) >= 11 is 3.57. The Kier molecular flexibility index (Phi) is 3.47. The molecule has 0 aliphatic heterocycles. The van der Waals surface area contributed by atoms with Crippen LogP contribution < -0.4 is 5.32 Å². The lowest BCUT2D eigenvalue weighted by Gasteiger charge is -2.25. The third-order valence-electron chi connectivity index (χ3n) is 5.26. The molecular weight excluding hydrogens is 278 g/mol. The molecule has 5 unspecified atom stereocenters. The van der Waals surface area contributed by atoms with Crippen molar-refractivity contribution in [3.8, 4) is 0 Å². The predicted octanol–water partition coefficient (Wildman–Crippen LogP) is 3.10. The van der Waals surface area contributed by atoms with E-state index in [0.29, 0.717) is 29.7 Å². The number of halogens is 1. The third-order valence-corrected chi connectivity index (χ3v) is 6.09. The Morgan fingerprint density at radius 1 is 1.18 bits per heavy atom. The van der Waals surface area contributed by atoms with Crippen LogP contribution in [0.2, 0.25) is 0 Å². The fourth-order valence-corrected chi connectivity index (χ4v) is 5.04. The molecule has 17 heavy (non-hydrogen) atoms. The molecule has 3 saturated carbocycles. The molecule has 2 nitrogen and oxygen atoms in total. The van der Waals surface area contributed by atoms with E-state index in [4.69, 9.17) is 0 Å². The zero-order chi connectivity index (χ0) is 11.8. The number of carbonyl (C=O) groups excluding carboxylic acids is 1. The van der Waals surface area contributed by atoms with Crippen molar-refractivity contribution in [3.63, 3.8) is 0 Å². The Hall–Kier alpha value is -0.0500. The Labute approximate surface area is 112 Å². The van der Waals surface area contributed by atoms with Crippen molar-refractivity contribution in [2.75, 3.05) is 5.33 Å². The average Bonchev–Trinajstić information content (AvgIpc) is 3.03. The summed E-state index contributed by atoms with van der Waals surface area (Å²) in [6, 6.07) is 0.445. The highest BCUT2D eigenvalue weighted by Crippen LogP contribution is 2.48. The van der Waals surface area contributed by atoms with Crippen LogP contribution in [0, 0.1) is 23.7 Å². The topological polar surface area (TPSA) is 29.1 Å². The molecule has 3 heteroatoms. The number of hydrogen-bond acceptors (Lipinski definition) is 1. The van der Waals surface area contributed by atoms with E-state index in [-0.39, 0.29) is 0 Å². The van der Waals surface area contributed by atoms with E-state index >= 15 is 0 Å². The van der Waals surface area contributed by atoms with Gasteiger partial charge >= 0.3 is 0 Å². The minimum absolute atomic E-state index is 0.352. The standard InChI is InChI=1S/C14H22BrNO/c15-8-11-2-1-3-13(11)16-14(17)12-7-9-4-5-10(12)6-9/h9-13H,1-8H2,(H,16,17). The number of carbonyl (C=O) groups is 1. The van der Waals surface area contributed by atoms with Crippen molar-refractivity contribution >= 4 is 21.8 Å². The van der Waals surface area contributed by atoms with Crippen LogP contribution in [0.5, 0.6) is 0 Å². The highest BCUT2D eigenvalue weighted by molar-refractivity contribution is 9.09. The molecule has 5 atom stereocenters. The summed E-state index contributed by atoms with van der Waals surface area (Å²) in [6.07, 6.45) is 8.90. The first-order chi connectivity index (χ1) is 8.28. The molecule has 0 saturated heterocycles. The Balaban J connectivity index is 1.56. The molecule has 2 bridgehead atoms. The molecule has 3 fully saturated rings. The Bertz CT molecular complexity index is 307. The van der Waals surface area contributed by atoms with Gasteiger partial charge in [-0.3, -0.25) is 4.79 Å². The molecule has 0 aromatic rings. The van der Waals surface area contributed by atoms with Crippen molar-refractivity contribution < 1.29 is 4.79 Å². The fourth-order valence-electron chi connectivity index (χ4n) is 4.27. The van der Waals surface area contributed by atoms with Crippen molar-refractivity contribution in [3.05, 3.63) is 0 Å². The average molecular weight is 300 g/mol. The Morgan fingerprint density at radius 3 is 2.71 bits per heavy atom. The predicted molar refractivity (Wildman–Crippen MR) is 72.0 cm³/mol. The number of amides is 1. The molecule has 3 rings (SSSR count). The summed E-state index contributed by atoms with van der Waals surface area (Å²) in [5, 5.41) is 4.37. The number of fused-ring (bicyclic) bond motifs is 2. The first kappa shape index (κ1) is 12.0. The summed E-state index contributed by atoms with van der Waals surface area (Å²) in [6.45, 7) is 0. The van der Waals surface area contributed by atoms with E-state index in [1.165, 1.54) is 44.9 Å². The maximum atomic E-state index is 12.3. The minimum Gasteiger partial charge on any atom is -0.353 e. The number of rotatable bonds is 3. The van der Waals surface area contributed by atoms with Crippen molar-refractivity contribution in [1.82, 2.24) is 5.32 Å². The largest absolute Gasteiger partial charge is 0.353 e. The lowest BCUT2D eigenvalue weighted by molar-refractivity contribution is -0.127. The van der Waals surface area contributed by atoms with Gasteiger partial charge < -0.3 is 5.32 Å². The SMILES string of the molecule is O=C(NC1CCCC1CBr)C1CC2CCC1C2. The van der Waals surface area contributed by atoms with E-state index in [1.807, 2.05) is 0 Å². The Morgan fingerprint density at radius 2 is 2.06 bits per heavy atom. The van der Waals surface area contributed by atoms with E-state index in [9.17, 15) is 4.79 Å². The van der Waals surface area contributed by atoms with Gasteiger partial charge in [-0.1, -0.05) is 28.8 Å². The second-order valence-corrected chi connectivity index (χ2v) is 6.89. The van der Waals surface area contributed by atoms with Gasteiger partial charge in [0.25, 0.3) is 0 Å². The van der Waals surface area contributed by atoms with E-state index < -0.39 is 0 Å². The summed E-state index contributed by atoms with van der Waals surface area (Å²) in [7, 11) is 0. The van der Waals surface area contributed by atoms with Gasteiger partial charge in [-0.05, 0) is 49.9 Å². The van der Waals surface area contributed by atoms with Crippen LogP contribution in [0.3, 0.4) is 0 Å². The van der Waals surface area contributed by atoms with Gasteiger partial charge in [0.2, 0.25) is 5.91 Å². The van der Waals surface area contributed by atoms with Crippen LogP contribution in [-0.4, -0.2) is 17.3 Å². The van der Waals surface area contributed by atoms with Gasteiger partial charge in [0.1, 0.15) is 0 Å². The molecule has 0 radical (unpaired) electrons. The maximum absolute atomic E-state index is 12.3. The highest BCUT2D eigenvalue weighted by Gasteiger charge is 2.43. The summed E-state index contributed by atoms with van der Waals surface area (Å²) in [4.78, 5) is 12.3. The molecule has 3 aliphatic carbocycles. The lowest BCUT2D eigenvalue weighted by Crippen LogP contribution is -2.42. The molecule has 96 valence electrons. The second-order valence-electron chi connectivity index (χ2n) is 6.24. The second kappa shape index (κ2) is 4.91.